The molecule has 0 spiro atoms. The van der Waals surface area contributed by atoms with E-state index in [0.29, 0.717) is 17.0 Å². The lowest BCUT2D eigenvalue weighted by molar-refractivity contribution is -0.140. The second kappa shape index (κ2) is 6.44. The zero-order valence-electron chi connectivity index (χ0n) is 10.6. The van der Waals surface area contributed by atoms with Crippen LogP contribution < -0.4 is 5.32 Å². The van der Waals surface area contributed by atoms with E-state index in [9.17, 15) is 9.59 Å². The molecule has 0 aliphatic rings. The van der Waals surface area contributed by atoms with E-state index in [1.807, 2.05) is 6.92 Å². The largest absolute Gasteiger partial charge is 0.480 e. The Morgan fingerprint density at radius 2 is 2.11 bits per heavy atom. The van der Waals surface area contributed by atoms with Crippen molar-refractivity contribution in [2.75, 3.05) is 0 Å². The van der Waals surface area contributed by atoms with Crippen LogP contribution in [0.25, 0.3) is 0 Å². The zero-order valence-corrected chi connectivity index (χ0v) is 11.5. The van der Waals surface area contributed by atoms with E-state index >= 15 is 0 Å². The van der Waals surface area contributed by atoms with Gasteiger partial charge in [-0.3, -0.25) is 4.79 Å². The summed E-state index contributed by atoms with van der Waals surface area (Å²) in [5.74, 6) is -1.62. The van der Waals surface area contributed by atoms with Gasteiger partial charge in [-0.25, -0.2) is 4.79 Å². The number of amides is 1. The van der Waals surface area contributed by atoms with Crippen LogP contribution in [0.4, 0.5) is 0 Å². The lowest BCUT2D eigenvalue weighted by atomic mass is 10.0. The molecule has 1 atom stereocenters. The van der Waals surface area contributed by atoms with Crippen LogP contribution in [0.3, 0.4) is 0 Å². The maximum atomic E-state index is 12.0. The highest BCUT2D eigenvalue weighted by Gasteiger charge is 2.26. The van der Waals surface area contributed by atoms with Crippen LogP contribution in [0.15, 0.2) is 0 Å². The minimum atomic E-state index is -1.03. The van der Waals surface area contributed by atoms with Crippen LogP contribution in [0, 0.1) is 5.92 Å². The summed E-state index contributed by atoms with van der Waals surface area (Å²) in [6, 6.07) is -0.894. The van der Waals surface area contributed by atoms with Crippen molar-refractivity contribution in [1.82, 2.24) is 14.9 Å². The highest BCUT2D eigenvalue weighted by Crippen LogP contribution is 2.13. The predicted octanol–water partition coefficient (Wildman–Crippen LogP) is 1.33. The van der Waals surface area contributed by atoms with Crippen molar-refractivity contribution in [3.63, 3.8) is 0 Å². The Kier molecular flexibility index (Phi) is 5.21. The standard InChI is InChI=1S/C11H17N3O3S/c1-4-5-7-9(18-14-13-7)10(15)12-8(6(2)3)11(16)17/h6,8H,4-5H2,1-3H3,(H,12,15)(H,16,17)/t8-/m0/s1. The van der Waals surface area contributed by atoms with Crippen LogP contribution in [-0.4, -0.2) is 32.6 Å². The van der Waals surface area contributed by atoms with Gasteiger partial charge in [-0.1, -0.05) is 31.7 Å². The second-order valence-electron chi connectivity index (χ2n) is 4.33. The summed E-state index contributed by atoms with van der Waals surface area (Å²) >= 11 is 0.997. The maximum Gasteiger partial charge on any atom is 0.326 e. The SMILES string of the molecule is CCCc1nnsc1C(=O)N[C@H](C(=O)O)C(C)C. The Morgan fingerprint density at radius 3 is 2.61 bits per heavy atom. The van der Waals surface area contributed by atoms with E-state index in [0.717, 1.165) is 18.0 Å². The molecule has 0 radical (unpaired) electrons. The van der Waals surface area contributed by atoms with E-state index in [4.69, 9.17) is 5.11 Å². The fourth-order valence-electron chi connectivity index (χ4n) is 1.50. The van der Waals surface area contributed by atoms with Gasteiger partial charge in [0.1, 0.15) is 10.9 Å². The van der Waals surface area contributed by atoms with Crippen molar-refractivity contribution in [1.29, 1.82) is 0 Å². The zero-order chi connectivity index (χ0) is 13.7. The molecule has 0 aliphatic carbocycles. The van der Waals surface area contributed by atoms with Crippen LogP contribution in [0.5, 0.6) is 0 Å². The first-order chi connectivity index (χ1) is 8.47. The molecule has 2 N–H and O–H groups in total. The molecule has 1 amide bonds. The first-order valence-corrected chi connectivity index (χ1v) is 6.59. The monoisotopic (exact) mass is 271 g/mol. The highest BCUT2D eigenvalue weighted by molar-refractivity contribution is 7.08. The van der Waals surface area contributed by atoms with Crippen LogP contribution in [-0.2, 0) is 11.2 Å². The number of aromatic nitrogens is 2. The van der Waals surface area contributed by atoms with Gasteiger partial charge in [0.05, 0.1) is 5.69 Å². The quantitative estimate of drug-likeness (QED) is 0.814. The van der Waals surface area contributed by atoms with Gasteiger partial charge >= 0.3 is 5.97 Å². The molecule has 1 rings (SSSR count). The molecule has 0 aliphatic heterocycles. The normalized spacial score (nSPS) is 12.4. The van der Waals surface area contributed by atoms with E-state index in [-0.39, 0.29) is 5.92 Å². The third-order valence-electron chi connectivity index (χ3n) is 2.47. The molecule has 0 bridgehead atoms. The Balaban J connectivity index is 2.80. The maximum absolute atomic E-state index is 12.0. The van der Waals surface area contributed by atoms with Gasteiger partial charge in [0.25, 0.3) is 5.91 Å². The number of carbonyl (C=O) groups excluding carboxylic acids is 1. The third kappa shape index (κ3) is 3.49. The molecule has 6 nitrogen and oxygen atoms in total. The Labute approximate surface area is 110 Å². The number of aryl methyl sites for hydroxylation is 1. The lowest BCUT2D eigenvalue weighted by Gasteiger charge is -2.17. The smallest absolute Gasteiger partial charge is 0.326 e. The summed E-state index contributed by atoms with van der Waals surface area (Å²) in [5.41, 5.74) is 0.632. The molecule has 1 heterocycles. The molecule has 1 aromatic rings. The second-order valence-corrected chi connectivity index (χ2v) is 5.09. The molecular formula is C11H17N3O3S. The van der Waals surface area contributed by atoms with Gasteiger partial charge in [0.15, 0.2) is 0 Å². The van der Waals surface area contributed by atoms with Gasteiger partial charge in [-0.15, -0.1) is 5.10 Å². The number of nitrogens with one attached hydrogen (secondary N) is 1. The minimum absolute atomic E-state index is 0.179. The topological polar surface area (TPSA) is 92.2 Å². The Hall–Kier alpha value is -1.50. The highest BCUT2D eigenvalue weighted by atomic mass is 32.1. The fraction of sp³-hybridized carbons (Fsp3) is 0.636. The number of carboxylic acids is 1. The predicted molar refractivity (Wildman–Crippen MR) is 67.6 cm³/mol. The molecule has 0 aromatic carbocycles. The Morgan fingerprint density at radius 1 is 1.44 bits per heavy atom. The fourth-order valence-corrected chi connectivity index (χ4v) is 2.11. The minimum Gasteiger partial charge on any atom is -0.480 e. The molecular weight excluding hydrogens is 254 g/mol. The van der Waals surface area contributed by atoms with Gasteiger partial charge in [-0.2, -0.15) is 0 Å². The molecule has 7 heteroatoms. The Bertz CT molecular complexity index is 431. The molecule has 0 saturated heterocycles. The lowest BCUT2D eigenvalue weighted by Crippen LogP contribution is -2.44. The van der Waals surface area contributed by atoms with Crippen LogP contribution in [0.2, 0.25) is 0 Å². The number of hydrogen-bond acceptors (Lipinski definition) is 5. The first-order valence-electron chi connectivity index (χ1n) is 5.82. The molecule has 1 aromatic heterocycles. The summed E-state index contributed by atoms with van der Waals surface area (Å²) in [7, 11) is 0. The molecule has 100 valence electrons. The number of aliphatic carboxylic acids is 1. The number of hydrogen-bond donors (Lipinski definition) is 2. The molecule has 0 unspecified atom stereocenters. The number of nitrogens with zero attached hydrogens (tertiary/aromatic N) is 2. The first kappa shape index (κ1) is 14.6. The summed E-state index contributed by atoms with van der Waals surface area (Å²) in [4.78, 5) is 23.4. The van der Waals surface area contributed by atoms with Crippen molar-refractivity contribution < 1.29 is 14.7 Å². The van der Waals surface area contributed by atoms with E-state index in [1.54, 1.807) is 13.8 Å². The van der Waals surface area contributed by atoms with Crippen molar-refractivity contribution in [3.05, 3.63) is 10.6 Å². The van der Waals surface area contributed by atoms with Crippen LogP contribution >= 0.6 is 11.5 Å². The number of carboxylic acid groups (broad SMARTS) is 1. The molecule has 0 fully saturated rings. The number of carbonyl (C=O) groups is 2. The van der Waals surface area contributed by atoms with Crippen molar-refractivity contribution in [3.8, 4) is 0 Å². The summed E-state index contributed by atoms with van der Waals surface area (Å²) < 4.78 is 3.74. The van der Waals surface area contributed by atoms with Crippen molar-refractivity contribution in [2.45, 2.75) is 39.7 Å². The molecule has 0 saturated carbocycles. The van der Waals surface area contributed by atoms with Gasteiger partial charge in [0, 0.05) is 0 Å². The van der Waals surface area contributed by atoms with Crippen LogP contribution in [0.1, 0.15) is 42.6 Å². The van der Waals surface area contributed by atoms with Crippen molar-refractivity contribution in [2.24, 2.45) is 5.92 Å². The molecule has 18 heavy (non-hydrogen) atoms. The third-order valence-corrected chi connectivity index (χ3v) is 3.23. The van der Waals surface area contributed by atoms with E-state index < -0.39 is 17.9 Å². The summed E-state index contributed by atoms with van der Waals surface area (Å²) in [5, 5.41) is 15.4. The summed E-state index contributed by atoms with van der Waals surface area (Å²) in [6.45, 7) is 5.48. The average Bonchev–Trinajstić information content (AvgIpc) is 2.73. The number of rotatable bonds is 6. The average molecular weight is 271 g/mol. The van der Waals surface area contributed by atoms with Crippen molar-refractivity contribution >= 4 is 23.4 Å². The van der Waals surface area contributed by atoms with Gasteiger partial charge < -0.3 is 10.4 Å². The van der Waals surface area contributed by atoms with E-state index in [2.05, 4.69) is 14.9 Å². The van der Waals surface area contributed by atoms with E-state index in [1.165, 1.54) is 0 Å². The summed E-state index contributed by atoms with van der Waals surface area (Å²) in [6.07, 6.45) is 1.52. The van der Waals surface area contributed by atoms with Gasteiger partial charge in [-0.05, 0) is 23.9 Å². The van der Waals surface area contributed by atoms with Gasteiger partial charge in [0.2, 0.25) is 0 Å².